The van der Waals surface area contributed by atoms with Gasteiger partial charge in [-0.15, -0.1) is 0 Å². The number of fused-ring (bicyclic) bond motifs is 2. The van der Waals surface area contributed by atoms with Gasteiger partial charge in [-0.1, -0.05) is 12.1 Å². The van der Waals surface area contributed by atoms with Gasteiger partial charge in [0.25, 0.3) is 0 Å². The second kappa shape index (κ2) is 4.49. The maximum Gasteiger partial charge on any atom is 0.0653 e. The van der Waals surface area contributed by atoms with Crippen molar-refractivity contribution >= 4 is 10.9 Å². The fourth-order valence-electron chi connectivity index (χ4n) is 3.16. The molecule has 0 radical (unpaired) electrons. The molecular weight excluding hydrogens is 248 g/mol. The van der Waals surface area contributed by atoms with Crippen molar-refractivity contribution in [2.24, 2.45) is 0 Å². The third kappa shape index (κ3) is 1.84. The molecule has 0 bridgehead atoms. The van der Waals surface area contributed by atoms with E-state index in [2.05, 4.69) is 63.1 Å². The van der Waals surface area contributed by atoms with E-state index in [-0.39, 0.29) is 0 Å². The number of H-pyrrole nitrogens is 1. The van der Waals surface area contributed by atoms with Crippen molar-refractivity contribution in [3.63, 3.8) is 0 Å². The van der Waals surface area contributed by atoms with Crippen molar-refractivity contribution in [1.82, 2.24) is 19.7 Å². The van der Waals surface area contributed by atoms with Crippen LogP contribution >= 0.6 is 0 Å². The lowest BCUT2D eigenvalue weighted by molar-refractivity contribution is 0.161. The van der Waals surface area contributed by atoms with Crippen LogP contribution in [0, 0.1) is 0 Å². The van der Waals surface area contributed by atoms with Crippen molar-refractivity contribution in [1.29, 1.82) is 0 Å². The molecule has 3 aromatic rings. The molecule has 4 heteroatoms. The number of rotatable bonds is 2. The monoisotopic (exact) mass is 266 g/mol. The van der Waals surface area contributed by atoms with Gasteiger partial charge < -0.3 is 4.57 Å². The van der Waals surface area contributed by atoms with Crippen LogP contribution in [-0.4, -0.2) is 26.2 Å². The highest BCUT2D eigenvalue weighted by Gasteiger charge is 2.23. The minimum absolute atomic E-state index is 0.469. The molecule has 3 heterocycles. The van der Waals surface area contributed by atoms with Gasteiger partial charge in [-0.25, -0.2) is 0 Å². The van der Waals surface area contributed by atoms with E-state index < -0.39 is 0 Å². The Morgan fingerprint density at radius 2 is 2.25 bits per heavy atom. The van der Waals surface area contributed by atoms with Crippen molar-refractivity contribution in [2.75, 3.05) is 6.54 Å². The summed E-state index contributed by atoms with van der Waals surface area (Å²) in [5, 5.41) is 8.31. The number of benzene rings is 1. The lowest BCUT2D eigenvalue weighted by atomic mass is 10.1. The quantitative estimate of drug-likeness (QED) is 0.774. The highest BCUT2D eigenvalue weighted by atomic mass is 15.2. The number of aromatic amines is 1. The lowest BCUT2D eigenvalue weighted by Crippen LogP contribution is -2.35. The van der Waals surface area contributed by atoms with Crippen LogP contribution in [-0.2, 0) is 13.1 Å². The molecule has 0 spiro atoms. The van der Waals surface area contributed by atoms with Gasteiger partial charge in [0.2, 0.25) is 0 Å². The summed E-state index contributed by atoms with van der Waals surface area (Å²) in [6.45, 7) is 5.46. The molecule has 1 aromatic carbocycles. The van der Waals surface area contributed by atoms with Gasteiger partial charge in [0, 0.05) is 43.0 Å². The van der Waals surface area contributed by atoms with Crippen LogP contribution in [0.3, 0.4) is 0 Å². The van der Waals surface area contributed by atoms with Crippen LogP contribution in [0.15, 0.2) is 42.7 Å². The first-order valence-electron chi connectivity index (χ1n) is 7.12. The Kier molecular flexibility index (Phi) is 2.63. The van der Waals surface area contributed by atoms with Crippen molar-refractivity contribution in [3.05, 3.63) is 54.0 Å². The van der Waals surface area contributed by atoms with Crippen LogP contribution in [0.5, 0.6) is 0 Å². The topological polar surface area (TPSA) is 36.9 Å². The predicted octanol–water partition coefficient (Wildman–Crippen LogP) is 2.94. The minimum Gasteiger partial charge on any atom is -0.349 e. The Morgan fingerprint density at radius 1 is 1.30 bits per heavy atom. The molecule has 0 aliphatic carbocycles. The first kappa shape index (κ1) is 11.7. The summed E-state index contributed by atoms with van der Waals surface area (Å²) < 4.78 is 2.36. The standard InChI is InChI=1S/C16H18N4/c1-12-16-3-2-6-19(16)7-8-20(12)11-13-4-5-14-10-17-18-15(14)9-13/h2-6,9-10,12H,7-8,11H2,1H3,(H,17,18). The van der Waals surface area contributed by atoms with E-state index in [4.69, 9.17) is 0 Å². The number of hydrogen-bond acceptors (Lipinski definition) is 2. The van der Waals surface area contributed by atoms with Gasteiger partial charge in [0.15, 0.2) is 0 Å². The summed E-state index contributed by atoms with van der Waals surface area (Å²) in [6, 6.07) is 11.4. The molecule has 4 nitrogen and oxygen atoms in total. The maximum atomic E-state index is 4.09. The average molecular weight is 266 g/mol. The number of hydrogen-bond donors (Lipinski definition) is 1. The average Bonchev–Trinajstić information content (AvgIpc) is 3.10. The van der Waals surface area contributed by atoms with E-state index >= 15 is 0 Å². The largest absolute Gasteiger partial charge is 0.349 e. The Balaban J connectivity index is 1.60. The van der Waals surface area contributed by atoms with Gasteiger partial charge in [-0.3, -0.25) is 10.00 Å². The van der Waals surface area contributed by atoms with Crippen LogP contribution in [0.2, 0.25) is 0 Å². The Labute approximate surface area is 118 Å². The van der Waals surface area contributed by atoms with E-state index in [1.165, 1.54) is 16.6 Å². The summed E-state index contributed by atoms with van der Waals surface area (Å²) in [7, 11) is 0. The molecule has 102 valence electrons. The highest BCUT2D eigenvalue weighted by molar-refractivity contribution is 5.78. The van der Waals surface area contributed by atoms with Crippen LogP contribution in [0.25, 0.3) is 10.9 Å². The summed E-state index contributed by atoms with van der Waals surface area (Å²) in [5.41, 5.74) is 3.88. The summed E-state index contributed by atoms with van der Waals surface area (Å²) in [5.74, 6) is 0. The van der Waals surface area contributed by atoms with Gasteiger partial charge in [0.1, 0.15) is 0 Å². The first-order valence-corrected chi connectivity index (χ1v) is 7.12. The molecular formula is C16H18N4. The predicted molar refractivity (Wildman–Crippen MR) is 79.4 cm³/mol. The van der Waals surface area contributed by atoms with Gasteiger partial charge in [-0.2, -0.15) is 5.10 Å². The van der Waals surface area contributed by atoms with Crippen LogP contribution in [0.4, 0.5) is 0 Å². The van der Waals surface area contributed by atoms with E-state index in [0.29, 0.717) is 6.04 Å². The molecule has 0 saturated heterocycles. The Hall–Kier alpha value is -2.07. The second-order valence-corrected chi connectivity index (χ2v) is 5.56. The SMILES string of the molecule is CC1c2cccn2CCN1Cc1ccc2cn[nH]c2c1. The molecule has 1 atom stereocenters. The normalized spacial score (nSPS) is 19.4. The van der Waals surface area contributed by atoms with E-state index in [0.717, 1.165) is 25.2 Å². The zero-order valence-corrected chi connectivity index (χ0v) is 11.6. The van der Waals surface area contributed by atoms with E-state index in [9.17, 15) is 0 Å². The van der Waals surface area contributed by atoms with Crippen LogP contribution in [0.1, 0.15) is 24.2 Å². The third-order valence-corrected chi connectivity index (χ3v) is 4.36. The fraction of sp³-hybridized carbons (Fsp3) is 0.312. The minimum atomic E-state index is 0.469. The molecule has 1 unspecified atom stereocenters. The fourth-order valence-corrected chi connectivity index (χ4v) is 3.16. The Morgan fingerprint density at radius 3 is 3.20 bits per heavy atom. The van der Waals surface area contributed by atoms with E-state index in [1.54, 1.807) is 0 Å². The van der Waals surface area contributed by atoms with Crippen molar-refractivity contribution in [3.8, 4) is 0 Å². The Bertz CT molecular complexity index is 740. The van der Waals surface area contributed by atoms with Crippen molar-refractivity contribution < 1.29 is 0 Å². The zero-order chi connectivity index (χ0) is 13.5. The smallest absolute Gasteiger partial charge is 0.0653 e. The third-order valence-electron chi connectivity index (χ3n) is 4.36. The molecule has 0 saturated carbocycles. The van der Waals surface area contributed by atoms with E-state index in [1.807, 2.05) is 6.20 Å². The molecule has 0 fully saturated rings. The first-order chi connectivity index (χ1) is 9.81. The molecule has 2 aromatic heterocycles. The molecule has 20 heavy (non-hydrogen) atoms. The molecule has 1 aliphatic heterocycles. The summed E-state index contributed by atoms with van der Waals surface area (Å²) >= 11 is 0. The summed E-state index contributed by atoms with van der Waals surface area (Å²) in [4.78, 5) is 2.53. The van der Waals surface area contributed by atoms with Gasteiger partial charge in [0.05, 0.1) is 11.7 Å². The van der Waals surface area contributed by atoms with Gasteiger partial charge >= 0.3 is 0 Å². The lowest BCUT2D eigenvalue weighted by Gasteiger charge is -2.34. The summed E-state index contributed by atoms with van der Waals surface area (Å²) in [6.07, 6.45) is 4.05. The zero-order valence-electron chi connectivity index (χ0n) is 11.6. The number of nitrogens with one attached hydrogen (secondary N) is 1. The second-order valence-electron chi connectivity index (χ2n) is 5.56. The molecule has 1 aliphatic rings. The number of aromatic nitrogens is 3. The highest BCUT2D eigenvalue weighted by Crippen LogP contribution is 2.27. The number of nitrogens with zero attached hydrogens (tertiary/aromatic N) is 3. The molecule has 0 amide bonds. The van der Waals surface area contributed by atoms with Crippen LogP contribution < -0.4 is 0 Å². The van der Waals surface area contributed by atoms with Crippen molar-refractivity contribution in [2.45, 2.75) is 26.1 Å². The molecule has 4 rings (SSSR count). The maximum absolute atomic E-state index is 4.09. The van der Waals surface area contributed by atoms with Gasteiger partial charge in [-0.05, 0) is 30.7 Å². The molecule has 1 N–H and O–H groups in total.